The van der Waals surface area contributed by atoms with Crippen LogP contribution in [0, 0.1) is 15.9 Å². The van der Waals surface area contributed by atoms with Crippen molar-refractivity contribution in [2.75, 3.05) is 11.9 Å². The highest BCUT2D eigenvalue weighted by Crippen LogP contribution is 2.27. The van der Waals surface area contributed by atoms with E-state index in [4.69, 9.17) is 0 Å². The second-order valence-electron chi connectivity index (χ2n) is 5.09. The Labute approximate surface area is 115 Å². The normalized spacial score (nSPS) is 22.3. The summed E-state index contributed by atoms with van der Waals surface area (Å²) in [6.45, 7) is 2.46. The largest absolute Gasteiger partial charge is 0.319 e. The van der Waals surface area contributed by atoms with Crippen LogP contribution in [0.5, 0.6) is 0 Å². The zero-order chi connectivity index (χ0) is 14.8. The van der Waals surface area contributed by atoms with Gasteiger partial charge in [0.25, 0.3) is 5.69 Å². The molecule has 7 heteroatoms. The van der Waals surface area contributed by atoms with Crippen molar-refractivity contribution in [3.63, 3.8) is 0 Å². The number of amides is 1. The third kappa shape index (κ3) is 2.93. The van der Waals surface area contributed by atoms with Crippen LogP contribution < -0.4 is 10.6 Å². The molecule has 1 fully saturated rings. The second-order valence-corrected chi connectivity index (χ2v) is 5.09. The number of hydrogen-bond acceptors (Lipinski definition) is 4. The first-order chi connectivity index (χ1) is 9.42. The van der Waals surface area contributed by atoms with Crippen molar-refractivity contribution >= 4 is 17.3 Å². The standard InChI is InChI=1S/C13H16FN3O3/c1-13(6-2-3-7-15-13)12(18)16-10-8-9(14)4-5-11(10)17(19)20/h4-5,8,15H,2-3,6-7H2,1H3,(H,16,18). The summed E-state index contributed by atoms with van der Waals surface area (Å²) in [6, 6.07) is 3.00. The van der Waals surface area contributed by atoms with Gasteiger partial charge >= 0.3 is 0 Å². The maximum Gasteiger partial charge on any atom is 0.292 e. The first-order valence-electron chi connectivity index (χ1n) is 6.43. The number of benzene rings is 1. The summed E-state index contributed by atoms with van der Waals surface area (Å²) in [5, 5.41) is 16.4. The summed E-state index contributed by atoms with van der Waals surface area (Å²) in [6.07, 6.45) is 2.53. The lowest BCUT2D eigenvalue weighted by molar-refractivity contribution is -0.384. The molecule has 1 aliphatic heterocycles. The Balaban J connectivity index is 2.23. The summed E-state index contributed by atoms with van der Waals surface area (Å²) in [5.41, 5.74) is -1.22. The van der Waals surface area contributed by atoms with E-state index in [2.05, 4.69) is 10.6 Å². The van der Waals surface area contributed by atoms with E-state index in [1.54, 1.807) is 6.92 Å². The molecule has 108 valence electrons. The third-order valence-corrected chi connectivity index (χ3v) is 3.52. The van der Waals surface area contributed by atoms with E-state index < -0.39 is 16.3 Å². The molecule has 0 radical (unpaired) electrons. The summed E-state index contributed by atoms with van der Waals surface area (Å²) in [5.74, 6) is -1.02. The van der Waals surface area contributed by atoms with Crippen LogP contribution in [-0.2, 0) is 4.79 Å². The fourth-order valence-electron chi connectivity index (χ4n) is 2.28. The molecule has 0 bridgehead atoms. The smallest absolute Gasteiger partial charge is 0.292 e. The number of carbonyl (C=O) groups excluding carboxylic acids is 1. The van der Waals surface area contributed by atoms with Crippen molar-refractivity contribution in [1.29, 1.82) is 0 Å². The Kier molecular flexibility index (Phi) is 3.99. The zero-order valence-electron chi connectivity index (χ0n) is 11.1. The van der Waals surface area contributed by atoms with E-state index in [0.29, 0.717) is 6.42 Å². The van der Waals surface area contributed by atoms with Crippen LogP contribution in [0.15, 0.2) is 18.2 Å². The highest BCUT2D eigenvalue weighted by molar-refractivity contribution is 5.99. The van der Waals surface area contributed by atoms with E-state index in [0.717, 1.165) is 37.6 Å². The van der Waals surface area contributed by atoms with E-state index in [9.17, 15) is 19.3 Å². The summed E-state index contributed by atoms with van der Waals surface area (Å²) in [7, 11) is 0. The molecule has 6 nitrogen and oxygen atoms in total. The number of nitro benzene ring substituents is 1. The lowest BCUT2D eigenvalue weighted by Crippen LogP contribution is -2.54. The van der Waals surface area contributed by atoms with Crippen LogP contribution >= 0.6 is 0 Å². The fourth-order valence-corrected chi connectivity index (χ4v) is 2.28. The SMILES string of the molecule is CC1(C(=O)Nc2cc(F)ccc2[N+](=O)[O-])CCCCN1. The topological polar surface area (TPSA) is 84.3 Å². The third-order valence-electron chi connectivity index (χ3n) is 3.52. The van der Waals surface area contributed by atoms with Gasteiger partial charge < -0.3 is 10.6 Å². The Hall–Kier alpha value is -2.02. The van der Waals surface area contributed by atoms with Gasteiger partial charge in [-0.25, -0.2) is 4.39 Å². The Bertz CT molecular complexity index is 542. The molecule has 2 N–H and O–H groups in total. The van der Waals surface area contributed by atoms with E-state index >= 15 is 0 Å². The van der Waals surface area contributed by atoms with E-state index in [1.807, 2.05) is 0 Å². The van der Waals surface area contributed by atoms with Crippen molar-refractivity contribution in [3.8, 4) is 0 Å². The van der Waals surface area contributed by atoms with Crippen LogP contribution in [0.4, 0.5) is 15.8 Å². The Morgan fingerprint density at radius 2 is 2.25 bits per heavy atom. The van der Waals surface area contributed by atoms with E-state index in [1.165, 1.54) is 0 Å². The van der Waals surface area contributed by atoms with Gasteiger partial charge in [-0.1, -0.05) is 0 Å². The number of rotatable bonds is 3. The van der Waals surface area contributed by atoms with Gasteiger partial charge in [0.05, 0.1) is 10.5 Å². The summed E-state index contributed by atoms with van der Waals surface area (Å²) >= 11 is 0. The average molecular weight is 281 g/mol. The number of hydrogen-bond donors (Lipinski definition) is 2. The van der Waals surface area contributed by atoms with Crippen molar-refractivity contribution in [3.05, 3.63) is 34.1 Å². The Morgan fingerprint density at radius 1 is 1.50 bits per heavy atom. The number of halogens is 1. The van der Waals surface area contributed by atoms with Gasteiger partial charge in [0.15, 0.2) is 0 Å². The molecule has 1 aromatic rings. The molecular formula is C13H16FN3O3. The summed E-state index contributed by atoms with van der Waals surface area (Å²) in [4.78, 5) is 22.5. The molecule has 0 spiro atoms. The van der Waals surface area contributed by atoms with Crippen molar-refractivity contribution < 1.29 is 14.1 Å². The van der Waals surface area contributed by atoms with Gasteiger partial charge in [0.1, 0.15) is 11.5 Å². The lowest BCUT2D eigenvalue weighted by Gasteiger charge is -2.33. The number of carbonyl (C=O) groups is 1. The molecular weight excluding hydrogens is 265 g/mol. The minimum Gasteiger partial charge on any atom is -0.319 e. The van der Waals surface area contributed by atoms with Crippen LogP contribution in [0.2, 0.25) is 0 Å². The first kappa shape index (κ1) is 14.4. The highest BCUT2D eigenvalue weighted by Gasteiger charge is 2.35. The van der Waals surface area contributed by atoms with Gasteiger partial charge in [0.2, 0.25) is 5.91 Å². The van der Waals surface area contributed by atoms with Gasteiger partial charge in [-0.05, 0) is 38.8 Å². The summed E-state index contributed by atoms with van der Waals surface area (Å²) < 4.78 is 13.2. The van der Waals surface area contributed by atoms with Gasteiger partial charge in [0, 0.05) is 12.1 Å². The van der Waals surface area contributed by atoms with Crippen molar-refractivity contribution in [2.45, 2.75) is 31.7 Å². The van der Waals surface area contributed by atoms with Crippen molar-refractivity contribution in [2.24, 2.45) is 0 Å². The number of piperidine rings is 1. The molecule has 0 aromatic heterocycles. The monoisotopic (exact) mass is 281 g/mol. The molecule has 1 heterocycles. The molecule has 1 unspecified atom stereocenters. The van der Waals surface area contributed by atoms with Gasteiger partial charge in [-0.15, -0.1) is 0 Å². The molecule has 0 saturated carbocycles. The lowest BCUT2D eigenvalue weighted by atomic mass is 9.90. The fraction of sp³-hybridized carbons (Fsp3) is 0.462. The van der Waals surface area contributed by atoms with Crippen LogP contribution in [0.1, 0.15) is 26.2 Å². The highest BCUT2D eigenvalue weighted by atomic mass is 19.1. The second kappa shape index (κ2) is 5.54. The molecule has 1 amide bonds. The maximum absolute atomic E-state index is 13.2. The minimum atomic E-state index is -0.779. The molecule has 1 saturated heterocycles. The molecule has 20 heavy (non-hydrogen) atoms. The maximum atomic E-state index is 13.2. The molecule has 2 rings (SSSR count). The Morgan fingerprint density at radius 3 is 2.85 bits per heavy atom. The average Bonchev–Trinajstić information content (AvgIpc) is 2.39. The zero-order valence-corrected chi connectivity index (χ0v) is 11.1. The van der Waals surface area contributed by atoms with E-state index in [-0.39, 0.29) is 17.3 Å². The first-order valence-corrected chi connectivity index (χ1v) is 6.43. The molecule has 1 aliphatic rings. The van der Waals surface area contributed by atoms with Crippen LogP contribution in [0.25, 0.3) is 0 Å². The van der Waals surface area contributed by atoms with Crippen LogP contribution in [0.3, 0.4) is 0 Å². The quantitative estimate of drug-likeness (QED) is 0.657. The van der Waals surface area contributed by atoms with Crippen molar-refractivity contribution in [1.82, 2.24) is 5.32 Å². The van der Waals surface area contributed by atoms with Gasteiger partial charge in [-0.2, -0.15) is 0 Å². The number of nitro groups is 1. The minimum absolute atomic E-state index is 0.117. The predicted octanol–water partition coefficient (Wildman–Crippen LogP) is 2.20. The van der Waals surface area contributed by atoms with Crippen LogP contribution in [-0.4, -0.2) is 22.9 Å². The predicted molar refractivity (Wildman–Crippen MR) is 71.9 cm³/mol. The number of anilines is 1. The molecule has 1 aromatic carbocycles. The number of nitrogens with zero attached hydrogens (tertiary/aromatic N) is 1. The number of nitrogens with one attached hydrogen (secondary N) is 2. The van der Waals surface area contributed by atoms with Gasteiger partial charge in [-0.3, -0.25) is 14.9 Å². The molecule has 0 aliphatic carbocycles. The molecule has 1 atom stereocenters.